The molecule has 0 bridgehead atoms. The summed E-state index contributed by atoms with van der Waals surface area (Å²) in [5.41, 5.74) is 1.61. The van der Waals surface area contributed by atoms with Crippen molar-refractivity contribution in [3.05, 3.63) is 60.2 Å². The van der Waals surface area contributed by atoms with Gasteiger partial charge in [0.25, 0.3) is 0 Å². The Balaban J connectivity index is 1.74. The van der Waals surface area contributed by atoms with Crippen LogP contribution in [0.4, 0.5) is 10.5 Å². The highest BCUT2D eigenvalue weighted by Gasteiger charge is 2.08. The Hall–Kier alpha value is -2.47. The zero-order chi connectivity index (χ0) is 16.5. The summed E-state index contributed by atoms with van der Waals surface area (Å²) in [4.78, 5) is 24.4. The number of thioether (sulfide) groups is 1. The predicted molar refractivity (Wildman–Crippen MR) is 91.5 cm³/mol. The van der Waals surface area contributed by atoms with Crippen LogP contribution in [-0.2, 0) is 16.1 Å². The Labute approximate surface area is 139 Å². The van der Waals surface area contributed by atoms with Gasteiger partial charge in [-0.1, -0.05) is 42.5 Å². The summed E-state index contributed by atoms with van der Waals surface area (Å²) in [6.45, 7) is 0.0123. The largest absolute Gasteiger partial charge is 0.460 e. The molecule has 0 aliphatic heterocycles. The number of amides is 2. The van der Waals surface area contributed by atoms with E-state index in [0.717, 1.165) is 10.5 Å². The Morgan fingerprint density at radius 3 is 2.48 bits per heavy atom. The maximum Gasteiger partial charge on any atom is 0.325 e. The Bertz CT molecular complexity index is 662. The lowest BCUT2D eigenvalue weighted by Gasteiger charge is -2.10. The van der Waals surface area contributed by atoms with E-state index in [1.54, 1.807) is 6.07 Å². The molecular weight excluding hydrogens is 312 g/mol. The fourth-order valence-electron chi connectivity index (χ4n) is 1.86. The van der Waals surface area contributed by atoms with Gasteiger partial charge in [-0.25, -0.2) is 4.79 Å². The van der Waals surface area contributed by atoms with Gasteiger partial charge in [0.05, 0.1) is 5.69 Å². The van der Waals surface area contributed by atoms with E-state index in [-0.39, 0.29) is 13.2 Å². The van der Waals surface area contributed by atoms with E-state index in [1.807, 2.05) is 54.8 Å². The first-order chi connectivity index (χ1) is 11.2. The van der Waals surface area contributed by atoms with Crippen molar-refractivity contribution in [3.8, 4) is 0 Å². The molecule has 0 saturated heterocycles. The number of hydrogen-bond acceptors (Lipinski definition) is 4. The normalized spacial score (nSPS) is 9.96. The molecule has 2 N–H and O–H groups in total. The summed E-state index contributed by atoms with van der Waals surface area (Å²) < 4.78 is 5.09. The molecule has 0 aliphatic carbocycles. The minimum Gasteiger partial charge on any atom is -0.460 e. The van der Waals surface area contributed by atoms with Crippen LogP contribution in [0.5, 0.6) is 0 Å². The summed E-state index contributed by atoms with van der Waals surface area (Å²) in [6.07, 6.45) is 1.93. The second kappa shape index (κ2) is 8.85. The lowest BCUT2D eigenvalue weighted by molar-refractivity contribution is -0.143. The molecule has 0 unspecified atom stereocenters. The first-order valence-corrected chi connectivity index (χ1v) is 8.29. The number of rotatable bonds is 6. The molecule has 2 amide bonds. The number of benzene rings is 2. The van der Waals surface area contributed by atoms with Crippen LogP contribution < -0.4 is 10.6 Å². The van der Waals surface area contributed by atoms with Gasteiger partial charge in [-0.3, -0.25) is 4.79 Å². The zero-order valence-corrected chi connectivity index (χ0v) is 13.6. The van der Waals surface area contributed by atoms with Crippen molar-refractivity contribution in [2.45, 2.75) is 11.5 Å². The highest BCUT2D eigenvalue weighted by Crippen LogP contribution is 2.24. The van der Waals surface area contributed by atoms with Gasteiger partial charge in [0.15, 0.2) is 0 Å². The van der Waals surface area contributed by atoms with Crippen LogP contribution in [0.1, 0.15) is 5.56 Å². The predicted octanol–water partition coefficient (Wildman–Crippen LogP) is 3.27. The van der Waals surface area contributed by atoms with Crippen LogP contribution in [0.25, 0.3) is 0 Å². The molecule has 2 aromatic carbocycles. The van der Waals surface area contributed by atoms with Gasteiger partial charge in [0.2, 0.25) is 0 Å². The standard InChI is InChI=1S/C17H18N2O3S/c1-23-15-10-6-5-9-14(15)19-17(21)18-11-16(20)22-12-13-7-3-2-4-8-13/h2-10H,11-12H2,1H3,(H2,18,19,21). The Morgan fingerprint density at radius 1 is 1.04 bits per heavy atom. The van der Waals surface area contributed by atoms with Crippen molar-refractivity contribution >= 4 is 29.4 Å². The molecule has 0 aromatic heterocycles. The SMILES string of the molecule is CSc1ccccc1NC(=O)NCC(=O)OCc1ccccc1. The van der Waals surface area contributed by atoms with Crippen LogP contribution in [0.15, 0.2) is 59.5 Å². The zero-order valence-electron chi connectivity index (χ0n) is 12.7. The number of anilines is 1. The van der Waals surface area contributed by atoms with Crippen molar-refractivity contribution in [1.82, 2.24) is 5.32 Å². The molecule has 0 saturated carbocycles. The van der Waals surface area contributed by atoms with Crippen LogP contribution in [0.2, 0.25) is 0 Å². The smallest absolute Gasteiger partial charge is 0.325 e. The minimum atomic E-state index is -0.484. The van der Waals surface area contributed by atoms with Gasteiger partial charge in [-0.2, -0.15) is 0 Å². The van der Waals surface area contributed by atoms with Crippen LogP contribution in [0, 0.1) is 0 Å². The summed E-state index contributed by atoms with van der Waals surface area (Å²) >= 11 is 1.53. The fourth-order valence-corrected chi connectivity index (χ4v) is 2.41. The van der Waals surface area contributed by atoms with E-state index in [0.29, 0.717) is 5.69 Å². The van der Waals surface area contributed by atoms with Crippen LogP contribution in [0.3, 0.4) is 0 Å². The van der Waals surface area contributed by atoms with Crippen molar-refractivity contribution < 1.29 is 14.3 Å². The second-order valence-corrected chi connectivity index (χ2v) is 5.50. The minimum absolute atomic E-state index is 0.180. The third-order valence-electron chi connectivity index (χ3n) is 2.99. The Morgan fingerprint density at radius 2 is 1.74 bits per heavy atom. The van der Waals surface area contributed by atoms with Crippen molar-refractivity contribution in [3.63, 3.8) is 0 Å². The molecule has 120 valence electrons. The van der Waals surface area contributed by atoms with Gasteiger partial charge in [-0.05, 0) is 24.0 Å². The first-order valence-electron chi connectivity index (χ1n) is 7.06. The lowest BCUT2D eigenvalue weighted by atomic mass is 10.2. The van der Waals surface area contributed by atoms with Gasteiger partial charge in [0, 0.05) is 4.90 Å². The number of carbonyl (C=O) groups is 2. The third-order valence-corrected chi connectivity index (χ3v) is 3.79. The summed E-state index contributed by atoms with van der Waals surface area (Å²) in [5, 5.41) is 5.20. The molecule has 2 aromatic rings. The number of hydrogen-bond donors (Lipinski definition) is 2. The summed E-state index contributed by atoms with van der Waals surface area (Å²) in [7, 11) is 0. The number of nitrogens with one attached hydrogen (secondary N) is 2. The number of carbonyl (C=O) groups excluding carboxylic acids is 2. The molecule has 0 atom stereocenters. The fraction of sp³-hybridized carbons (Fsp3) is 0.176. The lowest BCUT2D eigenvalue weighted by Crippen LogP contribution is -2.34. The molecule has 2 rings (SSSR count). The molecule has 0 heterocycles. The number of para-hydroxylation sites is 1. The van der Waals surface area contributed by atoms with E-state index in [2.05, 4.69) is 10.6 Å². The summed E-state index contributed by atoms with van der Waals surface area (Å²) in [5.74, 6) is -0.484. The molecule has 6 heteroatoms. The second-order valence-electron chi connectivity index (χ2n) is 4.65. The van der Waals surface area contributed by atoms with Crippen LogP contribution >= 0.6 is 11.8 Å². The van der Waals surface area contributed by atoms with Gasteiger partial charge in [-0.15, -0.1) is 11.8 Å². The quantitative estimate of drug-likeness (QED) is 0.630. The highest BCUT2D eigenvalue weighted by atomic mass is 32.2. The van der Waals surface area contributed by atoms with E-state index in [9.17, 15) is 9.59 Å². The number of esters is 1. The topological polar surface area (TPSA) is 67.4 Å². The third kappa shape index (κ3) is 5.67. The molecule has 0 fully saturated rings. The van der Waals surface area contributed by atoms with Crippen molar-refractivity contribution in [1.29, 1.82) is 0 Å². The van der Waals surface area contributed by atoms with Crippen molar-refractivity contribution in [2.75, 3.05) is 18.1 Å². The highest BCUT2D eigenvalue weighted by molar-refractivity contribution is 7.98. The average molecular weight is 330 g/mol. The van der Waals surface area contributed by atoms with E-state index in [4.69, 9.17) is 4.74 Å². The molecular formula is C17H18N2O3S. The molecule has 5 nitrogen and oxygen atoms in total. The van der Waals surface area contributed by atoms with Gasteiger partial charge >= 0.3 is 12.0 Å². The Kier molecular flexibility index (Phi) is 6.50. The monoisotopic (exact) mass is 330 g/mol. The molecule has 0 aliphatic rings. The molecule has 23 heavy (non-hydrogen) atoms. The van der Waals surface area contributed by atoms with Crippen molar-refractivity contribution in [2.24, 2.45) is 0 Å². The molecule has 0 radical (unpaired) electrons. The molecule has 0 spiro atoms. The number of ether oxygens (including phenoxy) is 1. The van der Waals surface area contributed by atoms with E-state index < -0.39 is 12.0 Å². The first kappa shape index (κ1) is 16.9. The number of urea groups is 1. The van der Waals surface area contributed by atoms with E-state index >= 15 is 0 Å². The van der Waals surface area contributed by atoms with Gasteiger partial charge in [0.1, 0.15) is 13.2 Å². The maximum atomic E-state index is 11.8. The maximum absolute atomic E-state index is 11.8. The average Bonchev–Trinajstić information content (AvgIpc) is 2.59. The van der Waals surface area contributed by atoms with Gasteiger partial charge < -0.3 is 15.4 Å². The summed E-state index contributed by atoms with van der Waals surface area (Å²) in [6, 6.07) is 16.4. The van der Waals surface area contributed by atoms with Crippen LogP contribution in [-0.4, -0.2) is 24.8 Å². The van der Waals surface area contributed by atoms with E-state index in [1.165, 1.54) is 11.8 Å².